The lowest BCUT2D eigenvalue weighted by Crippen LogP contribution is -2.22. The van der Waals surface area contributed by atoms with Crippen LogP contribution in [0, 0.1) is 28.6 Å². The first-order chi connectivity index (χ1) is 12.1. The maximum absolute atomic E-state index is 12.4. The van der Waals surface area contributed by atoms with Crippen LogP contribution in [0.1, 0.15) is 27.9 Å². The van der Waals surface area contributed by atoms with Gasteiger partial charge in [0.25, 0.3) is 0 Å². The Kier molecular flexibility index (Phi) is 4.54. The average Bonchev–Trinajstić information content (AvgIpc) is 3.02. The number of nitrogens with zero attached hydrogens (tertiary/aromatic N) is 4. The molecule has 1 atom stereocenters. The van der Waals surface area contributed by atoms with E-state index in [1.165, 1.54) is 6.07 Å². The Bertz CT molecular complexity index is 924. The summed E-state index contributed by atoms with van der Waals surface area (Å²) in [5, 5.41) is 18.1. The van der Waals surface area contributed by atoms with E-state index in [0.29, 0.717) is 29.1 Å². The summed E-state index contributed by atoms with van der Waals surface area (Å²) < 4.78 is 0. The molecule has 1 aliphatic heterocycles. The van der Waals surface area contributed by atoms with Gasteiger partial charge in [-0.15, -0.1) is 0 Å². The number of benzene rings is 1. The number of carbonyl (C=O) groups is 2. The van der Waals surface area contributed by atoms with Gasteiger partial charge in [0.1, 0.15) is 11.9 Å². The molecule has 6 nitrogen and oxygen atoms in total. The molecule has 0 N–H and O–H groups in total. The standard InChI is InChI=1S/C19H14N4O2/c20-9-13-3-1-4-14(7-13)17(24)8-16-11-23(12-18(16)25)19-15(10-21)5-2-6-22-19/h1-7,16H,8,11-12H2. The maximum Gasteiger partial charge on any atom is 0.163 e. The Hall–Kier alpha value is -3.51. The van der Waals surface area contributed by atoms with Crippen LogP contribution in [0.4, 0.5) is 5.82 Å². The molecule has 1 unspecified atom stereocenters. The number of ketones is 2. The number of pyridine rings is 1. The van der Waals surface area contributed by atoms with Crippen molar-refractivity contribution in [2.45, 2.75) is 6.42 Å². The van der Waals surface area contributed by atoms with Crippen molar-refractivity contribution in [3.8, 4) is 12.1 Å². The fourth-order valence-electron chi connectivity index (χ4n) is 2.93. The van der Waals surface area contributed by atoms with Crippen molar-refractivity contribution >= 4 is 17.4 Å². The van der Waals surface area contributed by atoms with E-state index in [-0.39, 0.29) is 24.5 Å². The van der Waals surface area contributed by atoms with Gasteiger partial charge >= 0.3 is 0 Å². The Morgan fingerprint density at radius 2 is 2.08 bits per heavy atom. The third kappa shape index (κ3) is 3.39. The van der Waals surface area contributed by atoms with E-state index in [1.54, 1.807) is 41.4 Å². The van der Waals surface area contributed by atoms with E-state index in [2.05, 4.69) is 11.1 Å². The van der Waals surface area contributed by atoms with Crippen molar-refractivity contribution < 1.29 is 9.59 Å². The maximum atomic E-state index is 12.4. The normalized spacial score (nSPS) is 16.3. The van der Waals surface area contributed by atoms with Gasteiger partial charge in [-0.3, -0.25) is 9.59 Å². The van der Waals surface area contributed by atoms with Crippen LogP contribution >= 0.6 is 0 Å². The number of hydrogen-bond acceptors (Lipinski definition) is 6. The molecule has 122 valence electrons. The fourth-order valence-corrected chi connectivity index (χ4v) is 2.93. The second-order valence-electron chi connectivity index (χ2n) is 5.85. The first kappa shape index (κ1) is 16.4. The second kappa shape index (κ2) is 6.94. The highest BCUT2D eigenvalue weighted by molar-refractivity contribution is 6.00. The van der Waals surface area contributed by atoms with Gasteiger partial charge in [-0.2, -0.15) is 10.5 Å². The highest BCUT2D eigenvalue weighted by atomic mass is 16.1. The predicted molar refractivity (Wildman–Crippen MR) is 89.8 cm³/mol. The van der Waals surface area contributed by atoms with Crippen LogP contribution in [-0.2, 0) is 4.79 Å². The van der Waals surface area contributed by atoms with Crippen LogP contribution in [0.5, 0.6) is 0 Å². The van der Waals surface area contributed by atoms with E-state index in [1.807, 2.05) is 6.07 Å². The fraction of sp³-hybridized carbons (Fsp3) is 0.211. The van der Waals surface area contributed by atoms with Crippen molar-refractivity contribution in [3.63, 3.8) is 0 Å². The van der Waals surface area contributed by atoms with Crippen molar-refractivity contribution in [3.05, 3.63) is 59.3 Å². The SMILES string of the molecule is N#Cc1cccc(C(=O)CC2CN(c3ncccc3C#N)CC2=O)c1. The van der Waals surface area contributed by atoms with Crippen molar-refractivity contribution in [1.82, 2.24) is 4.98 Å². The van der Waals surface area contributed by atoms with Gasteiger partial charge in [0.15, 0.2) is 11.6 Å². The van der Waals surface area contributed by atoms with Gasteiger partial charge in [0.05, 0.1) is 23.7 Å². The molecule has 1 fully saturated rings. The van der Waals surface area contributed by atoms with E-state index < -0.39 is 5.92 Å². The van der Waals surface area contributed by atoms with Gasteiger partial charge in [-0.1, -0.05) is 12.1 Å². The van der Waals surface area contributed by atoms with E-state index in [9.17, 15) is 14.9 Å². The molecule has 1 saturated heterocycles. The minimum Gasteiger partial charge on any atom is -0.347 e. The quantitative estimate of drug-likeness (QED) is 0.796. The Balaban J connectivity index is 1.74. The van der Waals surface area contributed by atoms with E-state index in [0.717, 1.165) is 0 Å². The zero-order valence-corrected chi connectivity index (χ0v) is 13.3. The van der Waals surface area contributed by atoms with Gasteiger partial charge in [-0.25, -0.2) is 4.98 Å². The monoisotopic (exact) mass is 330 g/mol. The molecule has 0 radical (unpaired) electrons. The number of rotatable bonds is 4. The van der Waals surface area contributed by atoms with Crippen molar-refractivity contribution in [2.24, 2.45) is 5.92 Å². The number of Topliss-reactive ketones (excluding diaryl/α,β-unsaturated/α-hetero) is 2. The summed E-state index contributed by atoms with van der Waals surface area (Å²) in [6.07, 6.45) is 1.66. The van der Waals surface area contributed by atoms with Crippen LogP contribution in [0.15, 0.2) is 42.6 Å². The highest BCUT2D eigenvalue weighted by Crippen LogP contribution is 2.25. The topological polar surface area (TPSA) is 97.8 Å². The molecule has 0 bridgehead atoms. The van der Waals surface area contributed by atoms with Crippen LogP contribution < -0.4 is 4.90 Å². The van der Waals surface area contributed by atoms with Crippen LogP contribution in [-0.4, -0.2) is 29.6 Å². The molecule has 0 aliphatic carbocycles. The zero-order chi connectivity index (χ0) is 17.8. The summed E-state index contributed by atoms with van der Waals surface area (Å²) in [5.41, 5.74) is 1.25. The number of carbonyl (C=O) groups excluding carboxylic acids is 2. The minimum atomic E-state index is -0.438. The Morgan fingerprint density at radius 3 is 2.84 bits per heavy atom. The molecule has 1 aromatic carbocycles. The third-order valence-electron chi connectivity index (χ3n) is 4.19. The molecule has 25 heavy (non-hydrogen) atoms. The van der Waals surface area contributed by atoms with Gasteiger partial charge < -0.3 is 4.90 Å². The van der Waals surface area contributed by atoms with Gasteiger partial charge in [-0.05, 0) is 24.3 Å². The Morgan fingerprint density at radius 1 is 1.24 bits per heavy atom. The van der Waals surface area contributed by atoms with Crippen LogP contribution in [0.3, 0.4) is 0 Å². The smallest absolute Gasteiger partial charge is 0.163 e. The van der Waals surface area contributed by atoms with Gasteiger partial charge in [0.2, 0.25) is 0 Å². The summed E-state index contributed by atoms with van der Waals surface area (Å²) in [6, 6.07) is 13.9. The van der Waals surface area contributed by atoms with Crippen molar-refractivity contribution in [1.29, 1.82) is 10.5 Å². The van der Waals surface area contributed by atoms with Crippen molar-refractivity contribution in [2.75, 3.05) is 18.0 Å². The third-order valence-corrected chi connectivity index (χ3v) is 4.19. The molecule has 0 spiro atoms. The molecule has 2 aromatic rings. The predicted octanol–water partition coefficient (Wildman–Crippen LogP) is 2.10. The lowest BCUT2D eigenvalue weighted by atomic mass is 9.96. The van der Waals surface area contributed by atoms with E-state index >= 15 is 0 Å². The summed E-state index contributed by atoms with van der Waals surface area (Å²) in [5.74, 6) is -0.176. The average molecular weight is 330 g/mol. The molecule has 0 saturated carbocycles. The summed E-state index contributed by atoms with van der Waals surface area (Å²) in [4.78, 5) is 30.7. The lowest BCUT2D eigenvalue weighted by molar-refractivity contribution is -0.119. The summed E-state index contributed by atoms with van der Waals surface area (Å²) >= 11 is 0. The van der Waals surface area contributed by atoms with Crippen LogP contribution in [0.25, 0.3) is 0 Å². The minimum absolute atomic E-state index is 0.0423. The molecular weight excluding hydrogens is 316 g/mol. The molecule has 1 aliphatic rings. The summed E-state index contributed by atoms with van der Waals surface area (Å²) in [7, 11) is 0. The molecule has 1 aromatic heterocycles. The molecular formula is C19H14N4O2. The second-order valence-corrected chi connectivity index (χ2v) is 5.85. The zero-order valence-electron chi connectivity index (χ0n) is 13.3. The Labute approximate surface area is 144 Å². The number of anilines is 1. The molecule has 3 rings (SSSR count). The summed E-state index contributed by atoms with van der Waals surface area (Å²) in [6.45, 7) is 0.496. The number of hydrogen-bond donors (Lipinski definition) is 0. The van der Waals surface area contributed by atoms with Crippen LogP contribution in [0.2, 0.25) is 0 Å². The number of aromatic nitrogens is 1. The number of nitriles is 2. The molecule has 0 amide bonds. The van der Waals surface area contributed by atoms with E-state index in [4.69, 9.17) is 5.26 Å². The first-order valence-corrected chi connectivity index (χ1v) is 7.78. The molecule has 2 heterocycles. The molecule has 6 heteroatoms. The largest absolute Gasteiger partial charge is 0.347 e. The highest BCUT2D eigenvalue weighted by Gasteiger charge is 2.34. The first-order valence-electron chi connectivity index (χ1n) is 7.78. The van der Waals surface area contributed by atoms with Gasteiger partial charge in [0, 0.05) is 30.6 Å². The lowest BCUT2D eigenvalue weighted by Gasteiger charge is -2.17.